The van der Waals surface area contributed by atoms with E-state index in [0.29, 0.717) is 43.5 Å². The number of nitrogens with one attached hydrogen (secondary N) is 5. The fraction of sp³-hybridized carbons (Fsp3) is 0.489. The number of carbonyl (C=O) groups is 5. The van der Waals surface area contributed by atoms with Crippen molar-refractivity contribution in [1.29, 1.82) is 0 Å². The molecule has 2 fully saturated rings. The van der Waals surface area contributed by atoms with Crippen molar-refractivity contribution in [2.24, 2.45) is 35.5 Å². The van der Waals surface area contributed by atoms with E-state index in [9.17, 15) is 19.2 Å². The Balaban J connectivity index is 1.47. The van der Waals surface area contributed by atoms with Gasteiger partial charge in [-0.2, -0.15) is 0 Å². The third kappa shape index (κ3) is 9.59. The van der Waals surface area contributed by atoms with Crippen LogP contribution in [-0.2, 0) is 36.1 Å². The number of hydrogen-bond donors (Lipinski definition) is 5. The van der Waals surface area contributed by atoms with Crippen molar-refractivity contribution in [3.63, 3.8) is 0 Å². The van der Waals surface area contributed by atoms with Crippen LogP contribution in [0.2, 0.25) is 0 Å². The lowest BCUT2D eigenvalue weighted by Crippen LogP contribution is -2.59. The van der Waals surface area contributed by atoms with Crippen LogP contribution in [-0.4, -0.2) is 62.0 Å². The highest BCUT2D eigenvalue weighted by molar-refractivity contribution is 5.99. The van der Waals surface area contributed by atoms with Gasteiger partial charge in [0, 0.05) is 49.7 Å². The molecule has 294 valence electrons. The summed E-state index contributed by atoms with van der Waals surface area (Å²) in [6.45, 7) is 7.25. The molecule has 0 saturated heterocycles. The van der Waals surface area contributed by atoms with E-state index in [4.69, 9.17) is 0 Å². The second kappa shape index (κ2) is 19.8. The minimum absolute atomic E-state index is 0.00250. The van der Waals surface area contributed by atoms with E-state index in [1.54, 1.807) is 14.0 Å². The molecule has 10 nitrogen and oxygen atoms in total. The Morgan fingerprint density at radius 3 is 1.95 bits per heavy atom. The third-order valence-electron chi connectivity index (χ3n) is 12.0. The Labute approximate surface area is 326 Å². The molecule has 7 atom stereocenters. The van der Waals surface area contributed by atoms with Crippen molar-refractivity contribution in [3.8, 4) is 0 Å². The molecule has 0 bridgehead atoms. The van der Waals surface area contributed by atoms with Crippen LogP contribution < -0.4 is 26.6 Å². The first-order valence-electron chi connectivity index (χ1n) is 20.1. The summed E-state index contributed by atoms with van der Waals surface area (Å²) in [5.41, 5.74) is 0.679. The molecule has 0 radical (unpaired) electrons. The van der Waals surface area contributed by atoms with Gasteiger partial charge in [0.15, 0.2) is 11.3 Å². The SMILES string of the molecule is CCC(=O)NCCNC(=O)C(NC(=O)C1CCC2CCC(CNCc3ccccc3)C(C(C)C(=O)C(CC)NC)C(=O)C21)(c1ccccc1)c1ccccc1. The van der Waals surface area contributed by atoms with Gasteiger partial charge in [-0.1, -0.05) is 112 Å². The number of likely N-dealkylation sites (N-methyl/N-ethyl adjacent to an activating group) is 1. The number of ketones is 2. The molecule has 3 aromatic carbocycles. The molecule has 0 spiro atoms. The monoisotopic (exact) mass is 749 g/mol. The Hall–Kier alpha value is -4.67. The predicted octanol–water partition coefficient (Wildman–Crippen LogP) is 4.92. The zero-order valence-corrected chi connectivity index (χ0v) is 32.8. The van der Waals surface area contributed by atoms with Crippen LogP contribution in [0.1, 0.15) is 76.0 Å². The Morgan fingerprint density at radius 1 is 0.782 bits per heavy atom. The fourth-order valence-electron chi connectivity index (χ4n) is 9.03. The molecule has 2 aliphatic rings. The average Bonchev–Trinajstić information content (AvgIpc) is 3.60. The Kier molecular flexibility index (Phi) is 14.9. The summed E-state index contributed by atoms with van der Waals surface area (Å²) in [4.78, 5) is 70.5. The molecule has 3 aromatic rings. The van der Waals surface area contributed by atoms with Crippen molar-refractivity contribution in [2.45, 2.75) is 77.4 Å². The van der Waals surface area contributed by atoms with Crippen molar-refractivity contribution in [2.75, 3.05) is 26.7 Å². The predicted molar refractivity (Wildman–Crippen MR) is 215 cm³/mol. The largest absolute Gasteiger partial charge is 0.354 e. The first kappa shape index (κ1) is 41.5. The fourth-order valence-corrected chi connectivity index (χ4v) is 9.03. The van der Waals surface area contributed by atoms with Gasteiger partial charge in [0.25, 0.3) is 5.91 Å². The van der Waals surface area contributed by atoms with E-state index >= 15 is 4.79 Å². The van der Waals surface area contributed by atoms with Crippen molar-refractivity contribution in [1.82, 2.24) is 26.6 Å². The maximum atomic E-state index is 15.1. The molecule has 2 saturated carbocycles. The summed E-state index contributed by atoms with van der Waals surface area (Å²) in [7, 11) is 1.78. The van der Waals surface area contributed by atoms with Gasteiger partial charge in [-0.25, -0.2) is 0 Å². The second-order valence-corrected chi connectivity index (χ2v) is 15.2. The number of benzene rings is 3. The number of carbonyl (C=O) groups excluding carboxylic acids is 5. The van der Waals surface area contributed by atoms with Crippen molar-refractivity contribution in [3.05, 3.63) is 108 Å². The minimum Gasteiger partial charge on any atom is -0.354 e. The maximum Gasteiger partial charge on any atom is 0.255 e. The van der Waals surface area contributed by atoms with Crippen LogP contribution >= 0.6 is 0 Å². The van der Waals surface area contributed by atoms with E-state index in [0.717, 1.165) is 24.8 Å². The number of fused-ring (bicyclic) bond motifs is 1. The topological polar surface area (TPSA) is 146 Å². The summed E-state index contributed by atoms with van der Waals surface area (Å²) < 4.78 is 0. The lowest BCUT2D eigenvalue weighted by molar-refractivity contribution is -0.142. The van der Waals surface area contributed by atoms with Gasteiger partial charge in [-0.3, -0.25) is 24.0 Å². The Bertz CT molecular complexity index is 1690. The van der Waals surface area contributed by atoms with Crippen LogP contribution in [0.25, 0.3) is 0 Å². The van der Waals surface area contributed by atoms with Gasteiger partial charge < -0.3 is 26.6 Å². The lowest BCUT2D eigenvalue weighted by atomic mass is 9.71. The summed E-state index contributed by atoms with van der Waals surface area (Å²) >= 11 is 0. The highest BCUT2D eigenvalue weighted by Crippen LogP contribution is 2.48. The number of hydrogen-bond acceptors (Lipinski definition) is 7. The van der Waals surface area contributed by atoms with E-state index in [1.807, 2.05) is 92.7 Å². The zero-order chi connectivity index (χ0) is 39.4. The van der Waals surface area contributed by atoms with Crippen LogP contribution in [0, 0.1) is 35.5 Å². The lowest BCUT2D eigenvalue weighted by Gasteiger charge is -2.37. The molecular weight excluding hydrogens is 691 g/mol. The molecule has 5 rings (SSSR count). The third-order valence-corrected chi connectivity index (χ3v) is 12.0. The molecular formula is C45H59N5O5. The maximum absolute atomic E-state index is 15.1. The van der Waals surface area contributed by atoms with Gasteiger partial charge >= 0.3 is 0 Å². The van der Waals surface area contributed by atoms with E-state index in [1.165, 1.54) is 0 Å². The summed E-state index contributed by atoms with van der Waals surface area (Å²) in [6, 6.07) is 28.1. The van der Waals surface area contributed by atoms with Crippen LogP contribution in [0.4, 0.5) is 0 Å². The first-order chi connectivity index (χ1) is 26.7. The second-order valence-electron chi connectivity index (χ2n) is 15.2. The van der Waals surface area contributed by atoms with Gasteiger partial charge in [-0.05, 0) is 74.2 Å². The van der Waals surface area contributed by atoms with Gasteiger partial charge in [0.1, 0.15) is 5.78 Å². The molecule has 2 aliphatic carbocycles. The van der Waals surface area contributed by atoms with Gasteiger partial charge in [0.2, 0.25) is 11.8 Å². The smallest absolute Gasteiger partial charge is 0.255 e. The summed E-state index contributed by atoms with van der Waals surface area (Å²) in [5, 5.41) is 15.7. The summed E-state index contributed by atoms with van der Waals surface area (Å²) in [5.74, 6) is -3.34. The molecule has 10 heteroatoms. The molecule has 55 heavy (non-hydrogen) atoms. The number of rotatable bonds is 18. The summed E-state index contributed by atoms with van der Waals surface area (Å²) in [6.07, 6.45) is 3.73. The van der Waals surface area contributed by atoms with Crippen LogP contribution in [0.15, 0.2) is 91.0 Å². The molecule has 0 aromatic heterocycles. The number of amides is 3. The van der Waals surface area contributed by atoms with E-state index in [-0.39, 0.29) is 54.3 Å². The first-order valence-corrected chi connectivity index (χ1v) is 20.1. The van der Waals surface area contributed by atoms with Gasteiger partial charge in [-0.15, -0.1) is 0 Å². The Morgan fingerprint density at radius 2 is 1.36 bits per heavy atom. The van der Waals surface area contributed by atoms with Crippen LogP contribution in [0.3, 0.4) is 0 Å². The molecule has 0 aliphatic heterocycles. The highest BCUT2D eigenvalue weighted by atomic mass is 16.2. The van der Waals surface area contributed by atoms with E-state index < -0.39 is 35.1 Å². The van der Waals surface area contributed by atoms with E-state index in [2.05, 4.69) is 38.7 Å². The molecule has 5 N–H and O–H groups in total. The van der Waals surface area contributed by atoms with Crippen molar-refractivity contribution < 1.29 is 24.0 Å². The number of Topliss-reactive ketones (excluding diaryl/α,β-unsaturated/α-hetero) is 2. The highest BCUT2D eigenvalue weighted by Gasteiger charge is 2.53. The molecule has 0 heterocycles. The quantitative estimate of drug-likeness (QED) is 0.116. The molecule has 3 amide bonds. The average molecular weight is 750 g/mol. The normalized spacial score (nSPS) is 22.1. The molecule has 7 unspecified atom stereocenters. The van der Waals surface area contributed by atoms with Crippen molar-refractivity contribution >= 4 is 29.3 Å². The standard InChI is InChI=1S/C45H59N5O5/c1-5-37(46-4)41(52)30(3)39-33(29-47-28-31-16-10-7-11-17-31)23-22-32-24-25-36(40(32)42(39)53)43(54)50-45(34-18-12-8-13-19-34,35-20-14-9-15-21-35)44(55)49-27-26-48-38(51)6-2/h7-21,30,32-33,36-37,39-40,46-47H,5-6,22-29H2,1-4H3,(H,48,51)(H,49,55)(H,50,54). The van der Waals surface area contributed by atoms with Gasteiger partial charge in [0.05, 0.1) is 6.04 Å². The minimum atomic E-state index is -1.62. The van der Waals surface area contributed by atoms with Crippen LogP contribution in [0.5, 0.6) is 0 Å². The zero-order valence-electron chi connectivity index (χ0n) is 32.8.